The average Bonchev–Trinajstić information content (AvgIpc) is 3.07. The number of amides is 2. The second-order valence-corrected chi connectivity index (χ2v) is 11.2. The van der Waals surface area contributed by atoms with Gasteiger partial charge in [0.25, 0.3) is 5.91 Å². The molecule has 0 aliphatic heterocycles. The first-order valence-electron chi connectivity index (χ1n) is 15.0. The first-order valence-corrected chi connectivity index (χ1v) is 15.4. The lowest BCUT2D eigenvalue weighted by molar-refractivity contribution is -0.122. The third-order valence-electron chi connectivity index (χ3n) is 7.68. The molecule has 5 aromatic rings. The van der Waals surface area contributed by atoms with Gasteiger partial charge in [0.2, 0.25) is 5.91 Å². The zero-order chi connectivity index (χ0) is 31.8. The van der Waals surface area contributed by atoms with Gasteiger partial charge in [0.1, 0.15) is 11.5 Å². The fourth-order valence-corrected chi connectivity index (χ4v) is 5.39. The number of rotatable bonds is 11. The van der Waals surface area contributed by atoms with Crippen molar-refractivity contribution in [3.8, 4) is 33.8 Å². The maximum atomic E-state index is 13.9. The second kappa shape index (κ2) is 16.2. The van der Waals surface area contributed by atoms with E-state index in [1.54, 1.807) is 18.2 Å². The van der Waals surface area contributed by atoms with Gasteiger partial charge in [-0.3, -0.25) is 20.2 Å². The number of nitrogens with one attached hydrogen (secondary N) is 2. The Morgan fingerprint density at radius 1 is 0.804 bits per heavy atom. The van der Waals surface area contributed by atoms with Crippen LogP contribution in [0.5, 0.6) is 11.5 Å². The Labute approximate surface area is 281 Å². The Kier molecular flexibility index (Phi) is 12.1. The number of ether oxygens (including phenoxy) is 1. The SMILES string of the molecule is CCC(N[C@H](C)c1ccccc1)C(=O)NC(=O)c1ccc(-c2ccccc2)cc1-c1ccc(Cl)cc1Oc1cccc(CN)c1.Cl. The van der Waals surface area contributed by atoms with E-state index in [4.69, 9.17) is 22.1 Å². The van der Waals surface area contributed by atoms with Gasteiger partial charge in [0.05, 0.1) is 6.04 Å². The van der Waals surface area contributed by atoms with E-state index in [1.807, 2.05) is 117 Å². The number of benzene rings is 5. The number of carbonyl (C=O) groups is 2. The predicted molar refractivity (Wildman–Crippen MR) is 189 cm³/mol. The van der Waals surface area contributed by atoms with E-state index in [0.717, 1.165) is 22.3 Å². The number of hydrogen-bond acceptors (Lipinski definition) is 5. The minimum Gasteiger partial charge on any atom is -0.457 e. The van der Waals surface area contributed by atoms with Crippen molar-refractivity contribution < 1.29 is 14.3 Å². The lowest BCUT2D eigenvalue weighted by Crippen LogP contribution is -2.46. The summed E-state index contributed by atoms with van der Waals surface area (Å²) in [5.41, 5.74) is 11.3. The summed E-state index contributed by atoms with van der Waals surface area (Å²) in [4.78, 5) is 27.3. The molecule has 5 aromatic carbocycles. The highest BCUT2D eigenvalue weighted by Crippen LogP contribution is 2.39. The molecule has 236 valence electrons. The smallest absolute Gasteiger partial charge is 0.258 e. The van der Waals surface area contributed by atoms with Crippen molar-refractivity contribution in [2.75, 3.05) is 0 Å². The number of nitrogens with two attached hydrogens (primary N) is 1. The van der Waals surface area contributed by atoms with Gasteiger partial charge in [0, 0.05) is 34.8 Å². The van der Waals surface area contributed by atoms with Crippen LogP contribution in [0, 0.1) is 0 Å². The average molecular weight is 655 g/mol. The molecule has 0 heterocycles. The number of hydrogen-bond donors (Lipinski definition) is 3. The standard InChI is InChI=1S/C38H36ClN3O3.ClH/c1-3-35(41-25(2)27-12-6-4-7-13-27)38(44)42-37(43)33-19-17-29(28-14-8-5-9-15-28)22-34(33)32-20-18-30(39)23-36(32)45-31-16-10-11-26(21-31)24-40;/h4-23,25,35,41H,3,24,40H2,1-2H3,(H,42,43,44);1H/t25-,35?;/m1./s1. The van der Waals surface area contributed by atoms with Crippen molar-refractivity contribution in [1.82, 2.24) is 10.6 Å². The Morgan fingerprint density at radius 3 is 2.22 bits per heavy atom. The van der Waals surface area contributed by atoms with Crippen LogP contribution in [0.4, 0.5) is 0 Å². The van der Waals surface area contributed by atoms with Crippen molar-refractivity contribution in [1.29, 1.82) is 0 Å². The van der Waals surface area contributed by atoms with Crippen LogP contribution in [0.15, 0.2) is 121 Å². The molecule has 0 bridgehead atoms. The molecule has 0 fully saturated rings. The summed E-state index contributed by atoms with van der Waals surface area (Å²) in [6, 6.07) is 37.5. The fourth-order valence-electron chi connectivity index (χ4n) is 5.23. The molecule has 0 aliphatic rings. The summed E-state index contributed by atoms with van der Waals surface area (Å²) in [5.74, 6) is 0.154. The van der Waals surface area contributed by atoms with E-state index < -0.39 is 17.9 Å². The van der Waals surface area contributed by atoms with Crippen molar-refractivity contribution in [2.45, 2.75) is 38.9 Å². The van der Waals surface area contributed by atoms with Crippen LogP contribution in [0.2, 0.25) is 5.02 Å². The highest BCUT2D eigenvalue weighted by molar-refractivity contribution is 6.30. The summed E-state index contributed by atoms with van der Waals surface area (Å²) in [6.45, 7) is 4.28. The van der Waals surface area contributed by atoms with Gasteiger partial charge in [-0.25, -0.2) is 0 Å². The third kappa shape index (κ3) is 8.42. The first kappa shape index (κ1) is 34.4. The zero-order valence-electron chi connectivity index (χ0n) is 25.7. The quantitative estimate of drug-likeness (QED) is 0.133. The minimum absolute atomic E-state index is 0. The molecule has 4 N–H and O–H groups in total. The van der Waals surface area contributed by atoms with E-state index in [9.17, 15) is 9.59 Å². The second-order valence-electron chi connectivity index (χ2n) is 10.8. The molecule has 1 unspecified atom stereocenters. The summed E-state index contributed by atoms with van der Waals surface area (Å²) >= 11 is 6.43. The largest absolute Gasteiger partial charge is 0.457 e. The van der Waals surface area contributed by atoms with Crippen LogP contribution in [-0.4, -0.2) is 17.9 Å². The Balaban J connectivity index is 0.00000480. The van der Waals surface area contributed by atoms with Crippen LogP contribution in [0.25, 0.3) is 22.3 Å². The van der Waals surface area contributed by atoms with Crippen LogP contribution < -0.4 is 21.1 Å². The molecule has 0 aromatic heterocycles. The molecule has 2 amide bonds. The van der Waals surface area contributed by atoms with E-state index in [-0.39, 0.29) is 18.4 Å². The summed E-state index contributed by atoms with van der Waals surface area (Å²) in [5, 5.41) is 6.49. The van der Waals surface area contributed by atoms with Crippen LogP contribution in [0.3, 0.4) is 0 Å². The van der Waals surface area contributed by atoms with Crippen LogP contribution in [0.1, 0.15) is 47.8 Å². The van der Waals surface area contributed by atoms with Gasteiger partial charge < -0.3 is 10.5 Å². The Bertz CT molecular complexity index is 1780. The maximum absolute atomic E-state index is 13.9. The van der Waals surface area contributed by atoms with Crippen molar-refractivity contribution in [2.24, 2.45) is 5.73 Å². The zero-order valence-corrected chi connectivity index (χ0v) is 27.3. The molecule has 8 heteroatoms. The van der Waals surface area contributed by atoms with Crippen LogP contribution in [-0.2, 0) is 11.3 Å². The minimum atomic E-state index is -0.569. The van der Waals surface area contributed by atoms with Gasteiger partial charge in [-0.15, -0.1) is 12.4 Å². The lowest BCUT2D eigenvalue weighted by atomic mass is 9.93. The number of carbonyl (C=O) groups excluding carboxylic acids is 2. The van der Waals surface area contributed by atoms with Gasteiger partial charge in [-0.05, 0) is 77.6 Å². The molecular weight excluding hydrogens is 617 g/mol. The molecule has 0 aliphatic carbocycles. The van der Waals surface area contributed by atoms with E-state index in [1.165, 1.54) is 0 Å². The van der Waals surface area contributed by atoms with Crippen LogP contribution >= 0.6 is 24.0 Å². The molecule has 0 saturated carbocycles. The Morgan fingerprint density at radius 2 is 1.52 bits per heavy atom. The predicted octanol–water partition coefficient (Wildman–Crippen LogP) is 8.73. The molecule has 0 spiro atoms. The molecular formula is C38H37Cl2N3O3. The van der Waals surface area contributed by atoms with Crippen molar-refractivity contribution >= 4 is 35.8 Å². The third-order valence-corrected chi connectivity index (χ3v) is 7.91. The van der Waals surface area contributed by atoms with Crippen molar-refractivity contribution in [3.05, 3.63) is 143 Å². The Hall–Kier alpha value is -4.46. The number of halogens is 2. The van der Waals surface area contributed by atoms with Crippen molar-refractivity contribution in [3.63, 3.8) is 0 Å². The topological polar surface area (TPSA) is 93.5 Å². The first-order chi connectivity index (χ1) is 21.9. The normalized spacial score (nSPS) is 12.0. The van der Waals surface area contributed by atoms with E-state index in [2.05, 4.69) is 10.6 Å². The van der Waals surface area contributed by atoms with Gasteiger partial charge >= 0.3 is 0 Å². The molecule has 46 heavy (non-hydrogen) atoms. The summed E-state index contributed by atoms with van der Waals surface area (Å²) < 4.78 is 6.34. The molecule has 6 nitrogen and oxygen atoms in total. The lowest BCUT2D eigenvalue weighted by Gasteiger charge is -2.22. The molecule has 0 radical (unpaired) electrons. The molecule has 5 rings (SSSR count). The number of imide groups is 1. The highest BCUT2D eigenvalue weighted by Gasteiger charge is 2.24. The van der Waals surface area contributed by atoms with Gasteiger partial charge in [-0.2, -0.15) is 0 Å². The summed E-state index contributed by atoms with van der Waals surface area (Å²) in [6.07, 6.45) is 0.507. The fraction of sp³-hybridized carbons (Fsp3) is 0.158. The molecule has 0 saturated heterocycles. The van der Waals surface area contributed by atoms with Gasteiger partial charge in [-0.1, -0.05) is 97.4 Å². The molecule has 2 atom stereocenters. The van der Waals surface area contributed by atoms with E-state index in [0.29, 0.717) is 46.2 Å². The van der Waals surface area contributed by atoms with E-state index >= 15 is 0 Å². The maximum Gasteiger partial charge on any atom is 0.258 e. The highest BCUT2D eigenvalue weighted by atomic mass is 35.5. The monoisotopic (exact) mass is 653 g/mol. The van der Waals surface area contributed by atoms with Gasteiger partial charge in [0.15, 0.2) is 0 Å². The summed E-state index contributed by atoms with van der Waals surface area (Å²) in [7, 11) is 0.